The number of hydrogen-bond acceptors (Lipinski definition) is 3. The number of amides is 1. The van der Waals surface area contributed by atoms with E-state index in [1.54, 1.807) is 0 Å². The van der Waals surface area contributed by atoms with Crippen LogP contribution in [0.1, 0.15) is 10.4 Å². The van der Waals surface area contributed by atoms with Crippen LogP contribution >= 0.6 is 22.3 Å². The minimum Gasteiger partial charge on any atom is -0.322 e. The summed E-state index contributed by atoms with van der Waals surface area (Å²) in [5, 5.41) is 2.66. The van der Waals surface area contributed by atoms with E-state index in [9.17, 15) is 17.6 Å². The Morgan fingerprint density at radius 1 is 1.10 bits per heavy atom. The molecular formula is C13H8Cl2FNO3S. The van der Waals surface area contributed by atoms with Crippen molar-refractivity contribution in [3.63, 3.8) is 0 Å². The van der Waals surface area contributed by atoms with Gasteiger partial charge in [0.05, 0.1) is 10.5 Å². The maximum Gasteiger partial charge on any atom is 0.261 e. The van der Waals surface area contributed by atoms with Gasteiger partial charge in [0.2, 0.25) is 0 Å². The van der Waals surface area contributed by atoms with Crippen LogP contribution in [0.25, 0.3) is 0 Å². The Balaban J connectivity index is 2.22. The normalized spacial score (nSPS) is 11.2. The summed E-state index contributed by atoms with van der Waals surface area (Å²) in [6, 6.07) is 8.75. The van der Waals surface area contributed by atoms with E-state index in [-0.39, 0.29) is 15.5 Å². The Kier molecular flexibility index (Phi) is 4.51. The van der Waals surface area contributed by atoms with Crippen molar-refractivity contribution in [1.82, 2.24) is 0 Å². The van der Waals surface area contributed by atoms with Gasteiger partial charge in [0.15, 0.2) is 0 Å². The van der Waals surface area contributed by atoms with Gasteiger partial charge in [-0.25, -0.2) is 12.8 Å². The van der Waals surface area contributed by atoms with Gasteiger partial charge in [-0.05, 0) is 42.5 Å². The fraction of sp³-hybridized carbons (Fsp3) is 0. The molecule has 0 fully saturated rings. The second-order valence-corrected chi connectivity index (χ2v) is 7.04. The maximum atomic E-state index is 13.5. The summed E-state index contributed by atoms with van der Waals surface area (Å²) in [5.74, 6) is -1.41. The highest BCUT2D eigenvalue weighted by Crippen LogP contribution is 2.20. The van der Waals surface area contributed by atoms with Crippen molar-refractivity contribution in [1.29, 1.82) is 0 Å². The van der Waals surface area contributed by atoms with Crippen LogP contribution in [0, 0.1) is 5.82 Å². The third-order valence-electron chi connectivity index (χ3n) is 2.57. The summed E-state index contributed by atoms with van der Waals surface area (Å²) >= 11 is 5.71. The van der Waals surface area contributed by atoms with Gasteiger partial charge >= 0.3 is 0 Å². The van der Waals surface area contributed by atoms with Crippen LogP contribution in [-0.2, 0) is 9.05 Å². The molecule has 8 heteroatoms. The van der Waals surface area contributed by atoms with Crippen LogP contribution in [0.5, 0.6) is 0 Å². The summed E-state index contributed by atoms with van der Waals surface area (Å²) in [7, 11) is 1.34. The number of benzene rings is 2. The summed E-state index contributed by atoms with van der Waals surface area (Å²) < 4.78 is 35.7. The number of carbonyl (C=O) groups is 1. The quantitative estimate of drug-likeness (QED) is 0.861. The molecule has 0 aliphatic heterocycles. The summed E-state index contributed by atoms with van der Waals surface area (Å²) in [6.07, 6.45) is 0. The van der Waals surface area contributed by atoms with E-state index in [4.69, 9.17) is 22.3 Å². The molecule has 0 heterocycles. The molecule has 1 amide bonds. The van der Waals surface area contributed by atoms with Crippen molar-refractivity contribution in [2.75, 3.05) is 5.32 Å². The number of anilines is 1. The zero-order valence-corrected chi connectivity index (χ0v) is 12.6. The highest BCUT2D eigenvalue weighted by atomic mass is 35.7. The lowest BCUT2D eigenvalue weighted by atomic mass is 10.2. The van der Waals surface area contributed by atoms with Gasteiger partial charge in [0.1, 0.15) is 5.82 Å². The Morgan fingerprint density at radius 3 is 2.29 bits per heavy atom. The molecular weight excluding hydrogens is 340 g/mol. The maximum absolute atomic E-state index is 13.5. The monoisotopic (exact) mass is 347 g/mol. The van der Waals surface area contributed by atoms with Crippen molar-refractivity contribution >= 4 is 42.9 Å². The third kappa shape index (κ3) is 3.93. The molecule has 0 bridgehead atoms. The van der Waals surface area contributed by atoms with Gasteiger partial charge in [0.25, 0.3) is 15.0 Å². The lowest BCUT2D eigenvalue weighted by Gasteiger charge is -2.07. The Morgan fingerprint density at radius 2 is 1.71 bits per heavy atom. The molecule has 2 rings (SSSR count). The molecule has 0 radical (unpaired) electrons. The first-order valence-corrected chi connectivity index (χ1v) is 8.27. The van der Waals surface area contributed by atoms with Gasteiger partial charge < -0.3 is 5.32 Å². The summed E-state index contributed by atoms with van der Waals surface area (Å²) in [4.78, 5) is 11.8. The van der Waals surface area contributed by atoms with Crippen LogP contribution in [-0.4, -0.2) is 14.3 Å². The van der Waals surface area contributed by atoms with Crippen LogP contribution < -0.4 is 5.32 Å². The van der Waals surface area contributed by atoms with Crippen LogP contribution in [0.2, 0.25) is 5.02 Å². The van der Waals surface area contributed by atoms with E-state index in [1.165, 1.54) is 36.4 Å². The predicted octanol–water partition coefficient (Wildman–Crippen LogP) is 3.66. The molecule has 0 aliphatic rings. The van der Waals surface area contributed by atoms with Gasteiger partial charge in [-0.2, -0.15) is 0 Å². The average molecular weight is 348 g/mol. The smallest absolute Gasteiger partial charge is 0.261 e. The first-order chi connectivity index (χ1) is 9.77. The fourth-order valence-electron chi connectivity index (χ4n) is 1.57. The van der Waals surface area contributed by atoms with Crippen molar-refractivity contribution in [2.24, 2.45) is 0 Å². The SMILES string of the molecule is O=C(Nc1ccc(S(=O)(=O)Cl)cc1)c1cc(Cl)ccc1F. The molecule has 1 N–H and O–H groups in total. The lowest BCUT2D eigenvalue weighted by Crippen LogP contribution is -2.13. The number of carbonyl (C=O) groups excluding carboxylic acids is 1. The number of hydrogen-bond donors (Lipinski definition) is 1. The summed E-state index contributed by atoms with van der Waals surface area (Å²) in [6.45, 7) is 0. The van der Waals surface area contributed by atoms with E-state index in [2.05, 4.69) is 5.32 Å². The molecule has 110 valence electrons. The first-order valence-electron chi connectivity index (χ1n) is 5.58. The Hall–Kier alpha value is -1.63. The van der Waals surface area contributed by atoms with Crippen molar-refractivity contribution in [3.8, 4) is 0 Å². The van der Waals surface area contributed by atoms with Crippen LogP contribution in [0.4, 0.5) is 10.1 Å². The molecule has 21 heavy (non-hydrogen) atoms. The molecule has 0 atom stereocenters. The lowest BCUT2D eigenvalue weighted by molar-refractivity contribution is 0.102. The highest BCUT2D eigenvalue weighted by Gasteiger charge is 2.14. The number of nitrogens with one attached hydrogen (secondary N) is 1. The Labute approximate surface area is 129 Å². The standard InChI is InChI=1S/C13H8Cl2FNO3S/c14-8-1-6-12(16)11(7-8)13(18)17-9-2-4-10(5-3-9)21(15,19)20/h1-7H,(H,17,18). The van der Waals surface area contributed by atoms with E-state index in [0.717, 1.165) is 6.07 Å². The second-order valence-electron chi connectivity index (χ2n) is 4.04. The van der Waals surface area contributed by atoms with E-state index in [1.807, 2.05) is 0 Å². The second kappa shape index (κ2) is 6.01. The van der Waals surface area contributed by atoms with Crippen molar-refractivity contribution in [3.05, 3.63) is 58.9 Å². The first kappa shape index (κ1) is 15.8. The molecule has 0 saturated carbocycles. The van der Waals surface area contributed by atoms with Crippen LogP contribution in [0.3, 0.4) is 0 Å². The molecule has 0 aromatic heterocycles. The summed E-state index contributed by atoms with van der Waals surface area (Å²) in [5.41, 5.74) is 0.0833. The van der Waals surface area contributed by atoms with Gasteiger partial charge in [-0.1, -0.05) is 11.6 Å². The van der Waals surface area contributed by atoms with Gasteiger partial charge in [-0.3, -0.25) is 4.79 Å². The van der Waals surface area contributed by atoms with Gasteiger partial charge in [-0.15, -0.1) is 0 Å². The minimum atomic E-state index is -3.83. The minimum absolute atomic E-state index is 0.101. The largest absolute Gasteiger partial charge is 0.322 e. The zero-order chi connectivity index (χ0) is 15.6. The number of rotatable bonds is 3. The highest BCUT2D eigenvalue weighted by molar-refractivity contribution is 8.13. The molecule has 0 unspecified atom stereocenters. The average Bonchev–Trinajstić information content (AvgIpc) is 2.41. The third-order valence-corrected chi connectivity index (χ3v) is 4.17. The molecule has 0 spiro atoms. The molecule has 0 saturated heterocycles. The fourth-order valence-corrected chi connectivity index (χ4v) is 2.51. The Bertz CT molecular complexity index is 792. The van der Waals surface area contributed by atoms with E-state index < -0.39 is 20.8 Å². The van der Waals surface area contributed by atoms with Crippen molar-refractivity contribution in [2.45, 2.75) is 4.90 Å². The molecule has 0 aliphatic carbocycles. The van der Waals surface area contributed by atoms with E-state index in [0.29, 0.717) is 5.69 Å². The van der Waals surface area contributed by atoms with Crippen molar-refractivity contribution < 1.29 is 17.6 Å². The predicted molar refractivity (Wildman–Crippen MR) is 78.8 cm³/mol. The zero-order valence-electron chi connectivity index (χ0n) is 10.3. The van der Waals surface area contributed by atoms with Gasteiger partial charge in [0, 0.05) is 21.4 Å². The number of halogens is 3. The molecule has 2 aromatic rings. The molecule has 2 aromatic carbocycles. The van der Waals surface area contributed by atoms with Crippen LogP contribution in [0.15, 0.2) is 47.4 Å². The topological polar surface area (TPSA) is 63.2 Å². The molecule has 4 nitrogen and oxygen atoms in total. The van der Waals surface area contributed by atoms with E-state index >= 15 is 0 Å².